The highest BCUT2D eigenvalue weighted by Gasteiger charge is 2.21. The molecule has 2 atom stereocenters. The van der Waals surface area contributed by atoms with Gasteiger partial charge in [-0.1, -0.05) is 19.8 Å². The van der Waals surface area contributed by atoms with E-state index in [9.17, 15) is 9.59 Å². The van der Waals surface area contributed by atoms with Crippen LogP contribution in [0, 0.1) is 0 Å². The smallest absolute Gasteiger partial charge is 0.372 e. The molecule has 5 heteroatoms. The van der Waals surface area contributed by atoms with Crippen molar-refractivity contribution < 1.29 is 19.1 Å². The van der Waals surface area contributed by atoms with E-state index < -0.39 is 20.8 Å². The third kappa shape index (κ3) is 6.02. The zero-order chi connectivity index (χ0) is 12.6. The van der Waals surface area contributed by atoms with E-state index >= 15 is 0 Å². The van der Waals surface area contributed by atoms with Gasteiger partial charge in [-0.15, -0.1) is 0 Å². The number of carboxylic acid groups (broad SMARTS) is 1. The summed E-state index contributed by atoms with van der Waals surface area (Å²) in [5.41, 5.74) is 0.410. The van der Waals surface area contributed by atoms with Crippen molar-refractivity contribution in [3.05, 3.63) is 0 Å². The molecule has 0 fully saturated rings. The van der Waals surface area contributed by atoms with Crippen molar-refractivity contribution >= 4 is 20.8 Å². The predicted octanol–water partition coefficient (Wildman–Crippen LogP) is 1.98. The highest BCUT2D eigenvalue weighted by molar-refractivity contribution is 6.52. The van der Waals surface area contributed by atoms with E-state index in [1.165, 1.54) is 0 Å². The molecule has 0 bridgehead atoms. The van der Waals surface area contributed by atoms with Crippen molar-refractivity contribution in [2.45, 2.75) is 51.6 Å². The predicted molar refractivity (Wildman–Crippen MR) is 65.2 cm³/mol. The molecule has 1 N–H and O–H groups in total. The SMILES string of the molecule is CCCC(CCC(=O)C(=O)O)[SiH](C)OCC. The molecule has 0 aromatic carbocycles. The van der Waals surface area contributed by atoms with Gasteiger partial charge in [0.1, 0.15) is 0 Å². The first-order valence-electron chi connectivity index (χ1n) is 5.90. The van der Waals surface area contributed by atoms with E-state index in [1.807, 2.05) is 6.92 Å². The molecule has 0 radical (unpaired) electrons. The minimum Gasteiger partial charge on any atom is -0.476 e. The molecular formula is C11H22O4Si. The summed E-state index contributed by atoms with van der Waals surface area (Å²) < 4.78 is 5.63. The summed E-state index contributed by atoms with van der Waals surface area (Å²) >= 11 is 0. The van der Waals surface area contributed by atoms with Gasteiger partial charge in [0.25, 0.3) is 0 Å². The lowest BCUT2D eigenvalue weighted by molar-refractivity contribution is -0.149. The second-order valence-electron chi connectivity index (χ2n) is 3.98. The molecule has 0 heterocycles. The Labute approximate surface area is 98.7 Å². The van der Waals surface area contributed by atoms with Crippen molar-refractivity contribution in [1.29, 1.82) is 0 Å². The number of aliphatic carboxylic acids is 1. The van der Waals surface area contributed by atoms with Crippen molar-refractivity contribution in [3.8, 4) is 0 Å². The van der Waals surface area contributed by atoms with Gasteiger partial charge in [0, 0.05) is 13.0 Å². The second kappa shape index (κ2) is 8.47. The molecule has 0 aliphatic heterocycles. The summed E-state index contributed by atoms with van der Waals surface area (Å²) in [6.45, 7) is 6.89. The molecule has 16 heavy (non-hydrogen) atoms. The topological polar surface area (TPSA) is 63.6 Å². The standard InChI is InChI=1S/C11H22O4Si/c1-4-6-9(16(3)15-5-2)7-8-10(12)11(13)14/h9,16H,4-8H2,1-3H3,(H,13,14). The Bertz CT molecular complexity index is 230. The molecular weight excluding hydrogens is 224 g/mol. The fourth-order valence-corrected chi connectivity index (χ4v) is 4.04. The van der Waals surface area contributed by atoms with Gasteiger partial charge in [-0.2, -0.15) is 0 Å². The lowest BCUT2D eigenvalue weighted by atomic mass is 10.1. The number of carbonyl (C=O) groups is 2. The maximum atomic E-state index is 11.0. The Morgan fingerprint density at radius 1 is 1.31 bits per heavy atom. The number of ketones is 1. The maximum absolute atomic E-state index is 11.0. The molecule has 0 aliphatic rings. The van der Waals surface area contributed by atoms with Crippen LogP contribution in [0.3, 0.4) is 0 Å². The third-order valence-corrected chi connectivity index (χ3v) is 5.59. The van der Waals surface area contributed by atoms with E-state index in [1.54, 1.807) is 0 Å². The van der Waals surface area contributed by atoms with Crippen molar-refractivity contribution in [2.75, 3.05) is 6.61 Å². The van der Waals surface area contributed by atoms with Gasteiger partial charge < -0.3 is 9.53 Å². The fraction of sp³-hybridized carbons (Fsp3) is 0.818. The van der Waals surface area contributed by atoms with Gasteiger partial charge in [0.15, 0.2) is 9.04 Å². The summed E-state index contributed by atoms with van der Waals surface area (Å²) in [5, 5.41) is 8.50. The van der Waals surface area contributed by atoms with Crippen LogP contribution in [0.4, 0.5) is 0 Å². The molecule has 0 amide bonds. The molecule has 0 saturated carbocycles. The monoisotopic (exact) mass is 246 g/mol. The van der Waals surface area contributed by atoms with Gasteiger partial charge in [0.05, 0.1) is 0 Å². The zero-order valence-corrected chi connectivity index (χ0v) is 11.5. The van der Waals surface area contributed by atoms with E-state index in [4.69, 9.17) is 9.53 Å². The van der Waals surface area contributed by atoms with Crippen LogP contribution in [0.5, 0.6) is 0 Å². The summed E-state index contributed by atoms with van der Waals surface area (Å²) in [7, 11) is -1.27. The first kappa shape index (κ1) is 15.3. The van der Waals surface area contributed by atoms with E-state index in [0.717, 1.165) is 12.8 Å². The van der Waals surface area contributed by atoms with E-state index in [0.29, 0.717) is 18.6 Å². The molecule has 0 rings (SSSR count). The van der Waals surface area contributed by atoms with Gasteiger partial charge in [0.2, 0.25) is 5.78 Å². The van der Waals surface area contributed by atoms with Crippen LogP contribution in [0.25, 0.3) is 0 Å². The van der Waals surface area contributed by atoms with Crippen LogP contribution < -0.4 is 0 Å². The maximum Gasteiger partial charge on any atom is 0.372 e. The van der Waals surface area contributed by atoms with Crippen molar-refractivity contribution in [2.24, 2.45) is 0 Å². The minimum absolute atomic E-state index is 0.143. The van der Waals surface area contributed by atoms with E-state index in [-0.39, 0.29) is 6.42 Å². The Morgan fingerprint density at radius 2 is 1.94 bits per heavy atom. The van der Waals surface area contributed by atoms with Gasteiger partial charge in [-0.05, 0) is 25.4 Å². The Hall–Kier alpha value is -0.683. The molecule has 0 aliphatic carbocycles. The van der Waals surface area contributed by atoms with Gasteiger partial charge >= 0.3 is 5.97 Å². The summed E-state index contributed by atoms with van der Waals surface area (Å²) in [4.78, 5) is 21.4. The summed E-state index contributed by atoms with van der Waals surface area (Å²) in [5.74, 6) is -2.00. The quantitative estimate of drug-likeness (QED) is 0.499. The summed E-state index contributed by atoms with van der Waals surface area (Å²) in [6.07, 6.45) is 2.88. The molecule has 2 unspecified atom stereocenters. The molecule has 0 spiro atoms. The van der Waals surface area contributed by atoms with E-state index in [2.05, 4.69) is 13.5 Å². The Morgan fingerprint density at radius 3 is 2.38 bits per heavy atom. The third-order valence-electron chi connectivity index (χ3n) is 2.73. The minimum atomic E-state index is -1.32. The molecule has 94 valence electrons. The largest absolute Gasteiger partial charge is 0.476 e. The van der Waals surface area contributed by atoms with Crippen LogP contribution in [0.1, 0.15) is 39.5 Å². The lowest BCUT2D eigenvalue weighted by Crippen LogP contribution is -2.23. The first-order chi connectivity index (χ1) is 7.52. The van der Waals surface area contributed by atoms with Crippen molar-refractivity contribution in [3.63, 3.8) is 0 Å². The van der Waals surface area contributed by atoms with Crippen LogP contribution >= 0.6 is 0 Å². The van der Waals surface area contributed by atoms with Crippen molar-refractivity contribution in [1.82, 2.24) is 0 Å². The van der Waals surface area contributed by atoms with Gasteiger partial charge in [-0.25, -0.2) is 4.79 Å². The number of carboxylic acids is 1. The average Bonchev–Trinajstić information content (AvgIpc) is 2.23. The molecule has 0 aromatic rings. The van der Waals surface area contributed by atoms with Crippen LogP contribution in [0.15, 0.2) is 0 Å². The van der Waals surface area contributed by atoms with Crippen LogP contribution in [-0.4, -0.2) is 32.5 Å². The van der Waals surface area contributed by atoms with Crippen LogP contribution in [0.2, 0.25) is 12.1 Å². The zero-order valence-electron chi connectivity index (χ0n) is 10.4. The average molecular weight is 246 g/mol. The Kier molecular flexibility index (Phi) is 8.11. The number of rotatable bonds is 9. The van der Waals surface area contributed by atoms with Gasteiger partial charge in [-0.3, -0.25) is 4.79 Å². The number of hydrogen-bond acceptors (Lipinski definition) is 3. The fourth-order valence-electron chi connectivity index (χ4n) is 1.81. The lowest BCUT2D eigenvalue weighted by Gasteiger charge is -2.21. The Balaban J connectivity index is 4.12. The summed E-state index contributed by atoms with van der Waals surface area (Å²) in [6, 6.07) is 0. The molecule has 4 nitrogen and oxygen atoms in total. The molecule has 0 aromatic heterocycles. The highest BCUT2D eigenvalue weighted by Crippen LogP contribution is 2.24. The number of hydrogen-bond donors (Lipinski definition) is 1. The number of Topliss-reactive ketones (excluding diaryl/α,β-unsaturated/α-hetero) is 1. The first-order valence-corrected chi connectivity index (χ1v) is 8.19. The molecule has 0 saturated heterocycles. The number of carbonyl (C=O) groups excluding carboxylic acids is 1. The second-order valence-corrected chi connectivity index (χ2v) is 6.66. The normalized spacial score (nSPS) is 14.4. The van der Waals surface area contributed by atoms with Crippen LogP contribution in [-0.2, 0) is 14.0 Å². The highest BCUT2D eigenvalue weighted by atomic mass is 28.3.